The summed E-state index contributed by atoms with van der Waals surface area (Å²) < 4.78 is 33.2. The highest BCUT2D eigenvalue weighted by molar-refractivity contribution is 7.89. The Labute approximate surface area is 172 Å². The zero-order valence-corrected chi connectivity index (χ0v) is 18.0. The molecule has 1 fully saturated rings. The van der Waals surface area contributed by atoms with Crippen molar-refractivity contribution in [2.75, 3.05) is 25.0 Å². The maximum Gasteiger partial charge on any atom is 0.243 e. The van der Waals surface area contributed by atoms with Gasteiger partial charge in [0, 0.05) is 18.8 Å². The molecule has 3 rings (SSSR count). The molecule has 156 valence electrons. The van der Waals surface area contributed by atoms with Crippen LogP contribution in [0.1, 0.15) is 30.9 Å². The maximum absolute atomic E-state index is 13.1. The van der Waals surface area contributed by atoms with Gasteiger partial charge in [-0.2, -0.15) is 4.31 Å². The summed E-state index contributed by atoms with van der Waals surface area (Å²) >= 11 is 0. The van der Waals surface area contributed by atoms with Crippen LogP contribution in [0.2, 0.25) is 0 Å². The SMILES string of the molecule is CCOc1ccc(S(=O)(=O)N2CCC[C@H](C(=O)Nc3cccc(C)c3)C2)cc1C. The minimum atomic E-state index is -3.66. The van der Waals surface area contributed by atoms with Crippen molar-refractivity contribution in [1.29, 1.82) is 0 Å². The molecule has 7 heteroatoms. The minimum Gasteiger partial charge on any atom is -0.494 e. The smallest absolute Gasteiger partial charge is 0.243 e. The summed E-state index contributed by atoms with van der Waals surface area (Å²) in [5.74, 6) is 0.168. The van der Waals surface area contributed by atoms with Crippen molar-refractivity contribution >= 4 is 21.6 Å². The first kappa shape index (κ1) is 21.3. The number of hydrogen-bond donors (Lipinski definition) is 1. The monoisotopic (exact) mass is 416 g/mol. The Kier molecular flexibility index (Phi) is 6.59. The standard InChI is InChI=1S/C22H28N2O4S/c1-4-28-21-11-10-20(14-17(21)3)29(26,27)24-12-6-8-18(15-24)22(25)23-19-9-5-7-16(2)13-19/h5,7,9-11,13-14,18H,4,6,8,12,15H2,1-3H3,(H,23,25)/t18-/m0/s1. The van der Waals surface area contributed by atoms with Gasteiger partial charge in [0.15, 0.2) is 0 Å². The van der Waals surface area contributed by atoms with Crippen LogP contribution in [-0.4, -0.2) is 38.3 Å². The molecule has 1 N–H and O–H groups in total. The third kappa shape index (κ3) is 4.97. The number of carbonyl (C=O) groups excluding carboxylic acids is 1. The fraction of sp³-hybridized carbons (Fsp3) is 0.409. The number of nitrogens with one attached hydrogen (secondary N) is 1. The topological polar surface area (TPSA) is 75.7 Å². The predicted molar refractivity (Wildman–Crippen MR) is 114 cm³/mol. The molecule has 0 saturated carbocycles. The van der Waals surface area contributed by atoms with Gasteiger partial charge in [-0.05, 0) is 75.1 Å². The molecule has 6 nitrogen and oxygen atoms in total. The van der Waals surface area contributed by atoms with E-state index in [2.05, 4.69) is 5.32 Å². The number of anilines is 1. The van der Waals surface area contributed by atoms with Gasteiger partial charge < -0.3 is 10.1 Å². The molecule has 1 amide bonds. The van der Waals surface area contributed by atoms with Gasteiger partial charge in [0.25, 0.3) is 0 Å². The lowest BCUT2D eigenvalue weighted by atomic mass is 9.98. The summed E-state index contributed by atoms with van der Waals surface area (Å²) in [4.78, 5) is 12.9. The summed E-state index contributed by atoms with van der Waals surface area (Å²) in [6, 6.07) is 12.5. The molecule has 29 heavy (non-hydrogen) atoms. The van der Waals surface area contributed by atoms with Crippen LogP contribution in [0.4, 0.5) is 5.69 Å². The van der Waals surface area contributed by atoms with Gasteiger partial charge in [-0.3, -0.25) is 4.79 Å². The Morgan fingerprint density at radius 3 is 2.69 bits per heavy atom. The minimum absolute atomic E-state index is 0.140. The van der Waals surface area contributed by atoms with Crippen molar-refractivity contribution in [3.63, 3.8) is 0 Å². The van der Waals surface area contributed by atoms with E-state index < -0.39 is 10.0 Å². The lowest BCUT2D eigenvalue weighted by molar-refractivity contribution is -0.120. The van der Waals surface area contributed by atoms with E-state index in [1.807, 2.05) is 45.0 Å². The first-order valence-electron chi connectivity index (χ1n) is 9.92. The summed E-state index contributed by atoms with van der Waals surface area (Å²) in [7, 11) is -3.66. The Morgan fingerprint density at radius 2 is 2.00 bits per heavy atom. The average molecular weight is 417 g/mol. The van der Waals surface area contributed by atoms with Crippen LogP contribution in [0.15, 0.2) is 47.4 Å². The number of hydrogen-bond acceptors (Lipinski definition) is 4. The average Bonchev–Trinajstić information content (AvgIpc) is 2.69. The molecule has 0 spiro atoms. The van der Waals surface area contributed by atoms with Crippen LogP contribution in [-0.2, 0) is 14.8 Å². The zero-order chi connectivity index (χ0) is 21.0. The van der Waals surface area contributed by atoms with E-state index in [1.165, 1.54) is 4.31 Å². The van der Waals surface area contributed by atoms with Crippen molar-refractivity contribution in [3.05, 3.63) is 53.6 Å². The van der Waals surface area contributed by atoms with E-state index in [0.717, 1.165) is 16.8 Å². The van der Waals surface area contributed by atoms with Crippen molar-refractivity contribution in [2.24, 2.45) is 5.92 Å². The van der Waals surface area contributed by atoms with Crippen LogP contribution in [0.25, 0.3) is 0 Å². The van der Waals surface area contributed by atoms with Crippen LogP contribution < -0.4 is 10.1 Å². The molecule has 1 aliphatic heterocycles. The van der Waals surface area contributed by atoms with Gasteiger partial charge >= 0.3 is 0 Å². The highest BCUT2D eigenvalue weighted by Crippen LogP contribution is 2.28. The third-order valence-corrected chi connectivity index (χ3v) is 6.99. The van der Waals surface area contributed by atoms with Crippen molar-refractivity contribution < 1.29 is 17.9 Å². The number of ether oxygens (including phenoxy) is 1. The number of sulfonamides is 1. The molecule has 1 aliphatic rings. The highest BCUT2D eigenvalue weighted by atomic mass is 32.2. The molecule has 0 unspecified atom stereocenters. The number of aryl methyl sites for hydroxylation is 2. The summed E-state index contributed by atoms with van der Waals surface area (Å²) in [6.45, 7) is 6.81. The number of piperidine rings is 1. The second-order valence-corrected chi connectivity index (χ2v) is 9.36. The molecule has 0 radical (unpaired) electrons. The normalized spacial score (nSPS) is 17.7. The van der Waals surface area contributed by atoms with E-state index in [4.69, 9.17) is 4.74 Å². The Bertz CT molecular complexity index is 988. The molecule has 1 heterocycles. The number of nitrogens with zero attached hydrogens (tertiary/aromatic N) is 1. The van der Waals surface area contributed by atoms with E-state index in [9.17, 15) is 13.2 Å². The van der Waals surface area contributed by atoms with E-state index in [0.29, 0.717) is 31.7 Å². The van der Waals surface area contributed by atoms with E-state index in [-0.39, 0.29) is 23.3 Å². The highest BCUT2D eigenvalue weighted by Gasteiger charge is 2.33. The van der Waals surface area contributed by atoms with Crippen LogP contribution in [0.3, 0.4) is 0 Å². The first-order chi connectivity index (χ1) is 13.8. The Balaban J connectivity index is 1.73. The van der Waals surface area contributed by atoms with Gasteiger partial charge in [-0.25, -0.2) is 8.42 Å². The molecule has 1 saturated heterocycles. The van der Waals surface area contributed by atoms with Crippen molar-refractivity contribution in [3.8, 4) is 5.75 Å². The van der Waals surface area contributed by atoms with Crippen LogP contribution in [0.5, 0.6) is 5.75 Å². The fourth-order valence-electron chi connectivity index (χ4n) is 3.59. The first-order valence-corrected chi connectivity index (χ1v) is 11.4. The quantitative estimate of drug-likeness (QED) is 0.778. The second kappa shape index (κ2) is 8.97. The van der Waals surface area contributed by atoms with Gasteiger partial charge in [0.05, 0.1) is 17.4 Å². The Hall–Kier alpha value is -2.38. The Morgan fingerprint density at radius 1 is 1.21 bits per heavy atom. The van der Waals surface area contributed by atoms with Crippen molar-refractivity contribution in [2.45, 2.75) is 38.5 Å². The van der Waals surface area contributed by atoms with E-state index in [1.54, 1.807) is 18.2 Å². The molecule has 0 aromatic heterocycles. The lowest BCUT2D eigenvalue weighted by Gasteiger charge is -2.31. The molecule has 0 bridgehead atoms. The van der Waals surface area contributed by atoms with Crippen LogP contribution in [0, 0.1) is 19.8 Å². The number of carbonyl (C=O) groups is 1. The largest absolute Gasteiger partial charge is 0.494 e. The fourth-order valence-corrected chi connectivity index (χ4v) is 5.20. The summed E-state index contributed by atoms with van der Waals surface area (Å²) in [5.41, 5.74) is 2.57. The third-order valence-electron chi connectivity index (χ3n) is 5.12. The number of amides is 1. The molecule has 2 aromatic rings. The van der Waals surface area contributed by atoms with Gasteiger partial charge in [0.1, 0.15) is 5.75 Å². The van der Waals surface area contributed by atoms with Gasteiger partial charge in [0.2, 0.25) is 15.9 Å². The number of benzene rings is 2. The van der Waals surface area contributed by atoms with Gasteiger partial charge in [-0.15, -0.1) is 0 Å². The van der Waals surface area contributed by atoms with Crippen molar-refractivity contribution in [1.82, 2.24) is 4.31 Å². The zero-order valence-electron chi connectivity index (χ0n) is 17.1. The molecular weight excluding hydrogens is 388 g/mol. The lowest BCUT2D eigenvalue weighted by Crippen LogP contribution is -2.43. The van der Waals surface area contributed by atoms with E-state index >= 15 is 0 Å². The number of rotatable bonds is 6. The molecule has 2 aromatic carbocycles. The summed E-state index contributed by atoms with van der Waals surface area (Å²) in [6.07, 6.45) is 1.33. The molecule has 0 aliphatic carbocycles. The summed E-state index contributed by atoms with van der Waals surface area (Å²) in [5, 5.41) is 2.92. The molecular formula is C22H28N2O4S. The maximum atomic E-state index is 13.1. The predicted octanol–water partition coefficient (Wildman–Crippen LogP) is 3.74. The second-order valence-electron chi connectivity index (χ2n) is 7.42. The molecule has 1 atom stereocenters. The van der Waals surface area contributed by atoms with Gasteiger partial charge in [-0.1, -0.05) is 12.1 Å². The van der Waals surface area contributed by atoms with Crippen LogP contribution >= 0.6 is 0 Å².